The zero-order valence-corrected chi connectivity index (χ0v) is 7.15. The van der Waals surface area contributed by atoms with Gasteiger partial charge in [-0.15, -0.1) is 0 Å². The summed E-state index contributed by atoms with van der Waals surface area (Å²) in [4.78, 5) is 2.11. The zero-order valence-electron chi connectivity index (χ0n) is 6.39. The molecule has 1 rings (SSSR count). The first-order chi connectivity index (χ1) is 4.68. The summed E-state index contributed by atoms with van der Waals surface area (Å²) in [7, 11) is 2.04. The highest BCUT2D eigenvalue weighted by atomic mass is 35.5. The second-order valence-corrected chi connectivity index (χ2v) is 3.17. The average Bonchev–Trinajstić information content (AvgIpc) is 1.93. The van der Waals surface area contributed by atoms with Crippen LogP contribution in [0.5, 0.6) is 0 Å². The van der Waals surface area contributed by atoms with Crippen LogP contribution in [0.4, 0.5) is 0 Å². The molecule has 10 heavy (non-hydrogen) atoms. The third kappa shape index (κ3) is 2.07. The summed E-state index contributed by atoms with van der Waals surface area (Å²) in [6.45, 7) is 3.17. The van der Waals surface area contributed by atoms with E-state index in [1.807, 2.05) is 19.3 Å². The topological polar surface area (TPSA) is 3.24 Å². The van der Waals surface area contributed by atoms with Crippen LogP contribution < -0.4 is 0 Å². The van der Waals surface area contributed by atoms with Gasteiger partial charge in [0.05, 0.1) is 5.03 Å². The van der Waals surface area contributed by atoms with E-state index in [0.717, 1.165) is 18.0 Å². The van der Waals surface area contributed by atoms with Crippen LogP contribution in [0, 0.1) is 0 Å². The SMILES string of the molecule is CC1=CC(Cl)=CN(C)CC1. The summed E-state index contributed by atoms with van der Waals surface area (Å²) < 4.78 is 0. The predicted octanol–water partition coefficient (Wildman–Crippen LogP) is 2.35. The van der Waals surface area contributed by atoms with Crippen molar-refractivity contribution in [1.82, 2.24) is 4.90 Å². The molecule has 0 saturated carbocycles. The Morgan fingerprint density at radius 3 is 3.00 bits per heavy atom. The first-order valence-corrected chi connectivity index (χ1v) is 3.81. The highest BCUT2D eigenvalue weighted by Crippen LogP contribution is 2.14. The maximum Gasteiger partial charge on any atom is 0.0564 e. The van der Waals surface area contributed by atoms with Crippen molar-refractivity contribution in [1.29, 1.82) is 0 Å². The molecule has 0 bridgehead atoms. The fourth-order valence-corrected chi connectivity index (χ4v) is 1.33. The smallest absolute Gasteiger partial charge is 0.0564 e. The quantitative estimate of drug-likeness (QED) is 0.522. The normalized spacial score (nSPS) is 19.7. The van der Waals surface area contributed by atoms with Crippen LogP contribution in [0.15, 0.2) is 22.9 Å². The van der Waals surface area contributed by atoms with Crippen molar-refractivity contribution < 1.29 is 0 Å². The summed E-state index contributed by atoms with van der Waals surface area (Å²) in [5.74, 6) is 0. The van der Waals surface area contributed by atoms with E-state index in [4.69, 9.17) is 11.6 Å². The molecule has 0 amide bonds. The minimum atomic E-state index is 0.831. The van der Waals surface area contributed by atoms with Crippen LogP contribution in [-0.2, 0) is 0 Å². The molecule has 0 aromatic heterocycles. The lowest BCUT2D eigenvalue weighted by Crippen LogP contribution is -2.10. The van der Waals surface area contributed by atoms with Gasteiger partial charge in [-0.25, -0.2) is 0 Å². The summed E-state index contributed by atoms with van der Waals surface area (Å²) in [6, 6.07) is 0. The third-order valence-corrected chi connectivity index (χ3v) is 1.79. The van der Waals surface area contributed by atoms with Crippen LogP contribution in [0.25, 0.3) is 0 Å². The van der Waals surface area contributed by atoms with Gasteiger partial charge in [0.25, 0.3) is 0 Å². The first kappa shape index (κ1) is 7.67. The van der Waals surface area contributed by atoms with Crippen molar-refractivity contribution >= 4 is 11.6 Å². The third-order valence-electron chi connectivity index (χ3n) is 1.59. The molecular weight excluding hydrogens is 146 g/mol. The molecule has 0 spiro atoms. The van der Waals surface area contributed by atoms with E-state index in [-0.39, 0.29) is 0 Å². The van der Waals surface area contributed by atoms with Crippen LogP contribution in [0.3, 0.4) is 0 Å². The van der Waals surface area contributed by atoms with E-state index >= 15 is 0 Å². The number of halogens is 1. The molecule has 0 aromatic carbocycles. The Morgan fingerprint density at radius 2 is 2.30 bits per heavy atom. The lowest BCUT2D eigenvalue weighted by molar-refractivity contribution is 0.462. The Kier molecular flexibility index (Phi) is 2.39. The number of hydrogen-bond donors (Lipinski definition) is 0. The number of nitrogens with zero attached hydrogens (tertiary/aromatic N) is 1. The van der Waals surface area contributed by atoms with Gasteiger partial charge in [-0.05, 0) is 19.4 Å². The van der Waals surface area contributed by atoms with Crippen LogP contribution in [-0.4, -0.2) is 18.5 Å². The van der Waals surface area contributed by atoms with Crippen molar-refractivity contribution in [2.24, 2.45) is 0 Å². The van der Waals surface area contributed by atoms with E-state index in [9.17, 15) is 0 Å². The average molecular weight is 158 g/mol. The number of allylic oxidation sites excluding steroid dienone is 2. The Morgan fingerprint density at radius 1 is 1.60 bits per heavy atom. The van der Waals surface area contributed by atoms with Crippen molar-refractivity contribution in [3.05, 3.63) is 22.9 Å². The van der Waals surface area contributed by atoms with Crippen molar-refractivity contribution in [2.45, 2.75) is 13.3 Å². The maximum absolute atomic E-state index is 5.85. The Labute approximate surface area is 67.0 Å². The van der Waals surface area contributed by atoms with Gasteiger partial charge in [-0.1, -0.05) is 17.2 Å². The minimum Gasteiger partial charge on any atom is -0.379 e. The van der Waals surface area contributed by atoms with E-state index in [1.165, 1.54) is 5.57 Å². The number of rotatable bonds is 0. The second kappa shape index (κ2) is 3.11. The molecule has 0 aliphatic carbocycles. The molecule has 1 aliphatic rings. The van der Waals surface area contributed by atoms with Gasteiger partial charge in [0.15, 0.2) is 0 Å². The largest absolute Gasteiger partial charge is 0.379 e. The number of hydrogen-bond acceptors (Lipinski definition) is 1. The molecule has 2 heteroatoms. The lowest BCUT2D eigenvalue weighted by atomic mass is 10.2. The molecular formula is C8H12ClN. The summed E-state index contributed by atoms with van der Waals surface area (Å²) in [6.07, 6.45) is 5.09. The second-order valence-electron chi connectivity index (χ2n) is 2.74. The Hall–Kier alpha value is -0.430. The van der Waals surface area contributed by atoms with Crippen LogP contribution in [0.2, 0.25) is 0 Å². The van der Waals surface area contributed by atoms with Gasteiger partial charge in [0, 0.05) is 19.8 Å². The molecule has 56 valence electrons. The molecule has 0 N–H and O–H groups in total. The molecule has 0 radical (unpaired) electrons. The van der Waals surface area contributed by atoms with Crippen molar-refractivity contribution in [3.63, 3.8) is 0 Å². The van der Waals surface area contributed by atoms with Gasteiger partial charge < -0.3 is 4.90 Å². The minimum absolute atomic E-state index is 0.831. The Bertz CT molecular complexity index is 182. The molecule has 0 fully saturated rings. The van der Waals surface area contributed by atoms with Crippen LogP contribution >= 0.6 is 11.6 Å². The molecule has 0 saturated heterocycles. The van der Waals surface area contributed by atoms with Crippen LogP contribution in [0.1, 0.15) is 13.3 Å². The molecule has 1 nitrogen and oxygen atoms in total. The molecule has 0 aromatic rings. The van der Waals surface area contributed by atoms with Crippen molar-refractivity contribution in [2.75, 3.05) is 13.6 Å². The van der Waals surface area contributed by atoms with Gasteiger partial charge in [-0.2, -0.15) is 0 Å². The van der Waals surface area contributed by atoms with Gasteiger partial charge in [0.2, 0.25) is 0 Å². The fourth-order valence-electron chi connectivity index (χ4n) is 0.973. The van der Waals surface area contributed by atoms with E-state index in [0.29, 0.717) is 0 Å². The van der Waals surface area contributed by atoms with Gasteiger partial charge in [-0.3, -0.25) is 0 Å². The monoisotopic (exact) mass is 157 g/mol. The lowest BCUT2D eigenvalue weighted by Gasteiger charge is -2.10. The fraction of sp³-hybridized carbons (Fsp3) is 0.500. The van der Waals surface area contributed by atoms with E-state index < -0.39 is 0 Å². The Balaban J connectivity index is 2.72. The summed E-state index contributed by atoms with van der Waals surface area (Å²) in [5, 5.41) is 0.831. The maximum atomic E-state index is 5.85. The molecule has 1 heterocycles. The van der Waals surface area contributed by atoms with E-state index in [2.05, 4.69) is 11.8 Å². The van der Waals surface area contributed by atoms with Gasteiger partial charge >= 0.3 is 0 Å². The predicted molar refractivity (Wildman–Crippen MR) is 44.9 cm³/mol. The zero-order chi connectivity index (χ0) is 7.56. The first-order valence-electron chi connectivity index (χ1n) is 3.43. The summed E-state index contributed by atoms with van der Waals surface area (Å²) >= 11 is 5.85. The molecule has 0 unspecified atom stereocenters. The van der Waals surface area contributed by atoms with Gasteiger partial charge in [0.1, 0.15) is 0 Å². The molecule has 0 atom stereocenters. The van der Waals surface area contributed by atoms with E-state index in [1.54, 1.807) is 0 Å². The standard InChI is InChI=1S/C8H12ClN/c1-7-3-4-10(2)6-8(9)5-7/h5-6H,3-4H2,1-2H3. The van der Waals surface area contributed by atoms with Crippen molar-refractivity contribution in [3.8, 4) is 0 Å². The molecule has 1 aliphatic heterocycles. The highest BCUT2D eigenvalue weighted by molar-refractivity contribution is 6.31. The highest BCUT2D eigenvalue weighted by Gasteiger charge is 2.00. The summed E-state index contributed by atoms with van der Waals surface area (Å²) in [5.41, 5.74) is 1.35.